The van der Waals surface area contributed by atoms with Gasteiger partial charge in [0.1, 0.15) is 0 Å². The molecule has 0 aromatic heterocycles. The molecule has 94 valence electrons. The third-order valence-corrected chi connectivity index (χ3v) is 3.31. The van der Waals surface area contributed by atoms with E-state index in [2.05, 4.69) is 17.4 Å². The first-order valence-electron chi connectivity index (χ1n) is 6.43. The number of anilines is 1. The van der Waals surface area contributed by atoms with Gasteiger partial charge in [-0.1, -0.05) is 12.1 Å². The molecular weight excluding hydrogens is 212 g/mol. The number of rotatable bonds is 4. The molecular formula is C14H22N2O. The second-order valence-corrected chi connectivity index (χ2v) is 4.81. The lowest BCUT2D eigenvalue weighted by Crippen LogP contribution is -2.31. The van der Waals surface area contributed by atoms with E-state index in [1.165, 1.54) is 24.8 Å². The number of hydrogen-bond donors (Lipinski definition) is 2. The van der Waals surface area contributed by atoms with Gasteiger partial charge in [-0.3, -0.25) is 0 Å². The van der Waals surface area contributed by atoms with E-state index in [9.17, 15) is 0 Å². The van der Waals surface area contributed by atoms with E-state index in [1.807, 2.05) is 13.0 Å². The van der Waals surface area contributed by atoms with E-state index in [0.29, 0.717) is 6.10 Å². The fourth-order valence-corrected chi connectivity index (χ4v) is 2.19. The topological polar surface area (TPSA) is 47.3 Å². The lowest BCUT2D eigenvalue weighted by Gasteiger charge is -2.22. The Hall–Kier alpha value is -1.06. The van der Waals surface area contributed by atoms with Crippen LogP contribution in [-0.2, 0) is 11.3 Å². The summed E-state index contributed by atoms with van der Waals surface area (Å²) in [7, 11) is 0. The number of hydrogen-bond acceptors (Lipinski definition) is 3. The van der Waals surface area contributed by atoms with Crippen molar-refractivity contribution in [2.75, 3.05) is 18.9 Å². The van der Waals surface area contributed by atoms with Crippen LogP contribution in [0.4, 0.5) is 5.69 Å². The van der Waals surface area contributed by atoms with Crippen LogP contribution < -0.4 is 11.1 Å². The third-order valence-electron chi connectivity index (χ3n) is 3.31. The second-order valence-electron chi connectivity index (χ2n) is 4.81. The molecule has 0 amide bonds. The average Bonchev–Trinajstić information content (AvgIpc) is 2.35. The molecule has 0 aliphatic carbocycles. The van der Waals surface area contributed by atoms with Crippen molar-refractivity contribution in [3.8, 4) is 0 Å². The summed E-state index contributed by atoms with van der Waals surface area (Å²) in [5, 5.41) is 3.45. The molecule has 3 nitrogen and oxygen atoms in total. The Morgan fingerprint density at radius 2 is 2.29 bits per heavy atom. The van der Waals surface area contributed by atoms with Crippen LogP contribution in [0.2, 0.25) is 0 Å². The van der Waals surface area contributed by atoms with Crippen molar-refractivity contribution in [2.24, 2.45) is 0 Å². The van der Waals surface area contributed by atoms with E-state index in [-0.39, 0.29) is 0 Å². The van der Waals surface area contributed by atoms with E-state index < -0.39 is 0 Å². The minimum absolute atomic E-state index is 0.402. The molecule has 1 unspecified atom stereocenters. The number of aryl methyl sites for hydroxylation is 1. The fourth-order valence-electron chi connectivity index (χ4n) is 2.19. The molecule has 17 heavy (non-hydrogen) atoms. The Kier molecular flexibility index (Phi) is 4.40. The summed E-state index contributed by atoms with van der Waals surface area (Å²) in [5.41, 5.74) is 9.09. The van der Waals surface area contributed by atoms with Crippen molar-refractivity contribution in [3.05, 3.63) is 29.3 Å². The van der Waals surface area contributed by atoms with Crippen LogP contribution in [0.25, 0.3) is 0 Å². The number of nitrogens with one attached hydrogen (secondary N) is 1. The van der Waals surface area contributed by atoms with Gasteiger partial charge in [-0.25, -0.2) is 0 Å². The zero-order valence-corrected chi connectivity index (χ0v) is 10.5. The van der Waals surface area contributed by atoms with Crippen LogP contribution in [0.5, 0.6) is 0 Å². The molecule has 0 spiro atoms. The third kappa shape index (κ3) is 3.72. The normalized spacial score (nSPS) is 20.4. The monoisotopic (exact) mass is 234 g/mol. The summed E-state index contributed by atoms with van der Waals surface area (Å²) >= 11 is 0. The molecule has 1 atom stereocenters. The molecule has 1 aromatic rings. The molecule has 0 bridgehead atoms. The van der Waals surface area contributed by atoms with Crippen molar-refractivity contribution in [2.45, 2.75) is 38.8 Å². The summed E-state index contributed by atoms with van der Waals surface area (Å²) < 4.78 is 5.68. The van der Waals surface area contributed by atoms with Crippen molar-refractivity contribution >= 4 is 5.69 Å². The van der Waals surface area contributed by atoms with Crippen molar-refractivity contribution < 1.29 is 4.74 Å². The van der Waals surface area contributed by atoms with Crippen LogP contribution in [0.3, 0.4) is 0 Å². The van der Waals surface area contributed by atoms with E-state index >= 15 is 0 Å². The molecule has 2 rings (SSSR count). The van der Waals surface area contributed by atoms with Gasteiger partial charge in [0.25, 0.3) is 0 Å². The zero-order valence-electron chi connectivity index (χ0n) is 10.5. The number of nitrogen functional groups attached to an aromatic ring is 1. The Morgan fingerprint density at radius 3 is 3.00 bits per heavy atom. The standard InChI is InChI=1S/C14H22N2O/c1-11-8-12(5-6-14(11)15)9-16-10-13-4-2-3-7-17-13/h5-6,8,13,16H,2-4,7,9-10,15H2,1H3. The molecule has 1 heterocycles. The largest absolute Gasteiger partial charge is 0.399 e. The van der Waals surface area contributed by atoms with Gasteiger partial charge in [-0.15, -0.1) is 0 Å². The highest BCUT2D eigenvalue weighted by Crippen LogP contribution is 2.14. The molecule has 0 radical (unpaired) electrons. The molecule has 3 heteroatoms. The number of nitrogens with two attached hydrogens (primary N) is 1. The van der Waals surface area contributed by atoms with Gasteiger partial charge in [-0.2, -0.15) is 0 Å². The summed E-state index contributed by atoms with van der Waals surface area (Å²) in [4.78, 5) is 0. The Balaban J connectivity index is 1.75. The highest BCUT2D eigenvalue weighted by Gasteiger charge is 2.12. The molecule has 1 fully saturated rings. The summed E-state index contributed by atoms with van der Waals surface area (Å²) in [6.07, 6.45) is 4.10. The maximum absolute atomic E-state index is 5.79. The predicted octanol–water partition coefficient (Wildman–Crippen LogP) is 2.24. The second kappa shape index (κ2) is 6.03. The van der Waals surface area contributed by atoms with E-state index in [0.717, 1.165) is 30.9 Å². The Morgan fingerprint density at radius 1 is 1.41 bits per heavy atom. The lowest BCUT2D eigenvalue weighted by molar-refractivity contribution is 0.0168. The molecule has 0 saturated carbocycles. The van der Waals surface area contributed by atoms with Crippen LogP contribution in [0.1, 0.15) is 30.4 Å². The van der Waals surface area contributed by atoms with E-state index in [1.54, 1.807) is 0 Å². The van der Waals surface area contributed by atoms with Crippen molar-refractivity contribution in [1.82, 2.24) is 5.32 Å². The van der Waals surface area contributed by atoms with Crippen LogP contribution >= 0.6 is 0 Å². The maximum atomic E-state index is 5.79. The van der Waals surface area contributed by atoms with E-state index in [4.69, 9.17) is 10.5 Å². The van der Waals surface area contributed by atoms with Gasteiger partial charge in [0.05, 0.1) is 6.10 Å². The summed E-state index contributed by atoms with van der Waals surface area (Å²) in [5.74, 6) is 0. The minimum atomic E-state index is 0.402. The summed E-state index contributed by atoms with van der Waals surface area (Å²) in [6.45, 7) is 4.81. The smallest absolute Gasteiger partial charge is 0.0699 e. The van der Waals surface area contributed by atoms with Gasteiger partial charge in [0.2, 0.25) is 0 Å². The average molecular weight is 234 g/mol. The van der Waals surface area contributed by atoms with Crippen molar-refractivity contribution in [1.29, 1.82) is 0 Å². The van der Waals surface area contributed by atoms with Crippen molar-refractivity contribution in [3.63, 3.8) is 0 Å². The highest BCUT2D eigenvalue weighted by atomic mass is 16.5. The Labute approximate surface area is 103 Å². The fraction of sp³-hybridized carbons (Fsp3) is 0.571. The van der Waals surface area contributed by atoms with Gasteiger partial charge >= 0.3 is 0 Å². The molecule has 3 N–H and O–H groups in total. The first-order valence-corrected chi connectivity index (χ1v) is 6.43. The first kappa shape index (κ1) is 12.4. The molecule has 1 aromatic carbocycles. The van der Waals surface area contributed by atoms with Crippen LogP contribution in [0, 0.1) is 6.92 Å². The molecule has 1 aliphatic heterocycles. The highest BCUT2D eigenvalue weighted by molar-refractivity contribution is 5.47. The predicted molar refractivity (Wildman–Crippen MR) is 70.9 cm³/mol. The summed E-state index contributed by atoms with van der Waals surface area (Å²) in [6, 6.07) is 6.20. The van der Waals surface area contributed by atoms with Crippen LogP contribution in [-0.4, -0.2) is 19.3 Å². The number of benzene rings is 1. The zero-order chi connectivity index (χ0) is 12.1. The maximum Gasteiger partial charge on any atom is 0.0699 e. The first-order chi connectivity index (χ1) is 8.25. The van der Waals surface area contributed by atoms with Crippen LogP contribution in [0.15, 0.2) is 18.2 Å². The SMILES string of the molecule is Cc1cc(CNCC2CCCCO2)ccc1N. The van der Waals surface area contributed by atoms with Gasteiger partial charge in [-0.05, 0) is 43.4 Å². The van der Waals surface area contributed by atoms with Gasteiger partial charge < -0.3 is 15.8 Å². The number of ether oxygens (including phenoxy) is 1. The van der Waals surface area contributed by atoms with Gasteiger partial charge in [0.15, 0.2) is 0 Å². The minimum Gasteiger partial charge on any atom is -0.399 e. The quantitative estimate of drug-likeness (QED) is 0.785. The Bertz CT molecular complexity index is 359. The molecule has 1 saturated heterocycles. The molecule has 1 aliphatic rings. The lowest BCUT2D eigenvalue weighted by atomic mass is 10.1. The van der Waals surface area contributed by atoms with Gasteiger partial charge in [0, 0.05) is 25.4 Å².